The molecule has 1 N–H and O–H groups in total. The van der Waals surface area contributed by atoms with Crippen molar-refractivity contribution in [3.63, 3.8) is 0 Å². The lowest BCUT2D eigenvalue weighted by Crippen LogP contribution is -2.32. The predicted molar refractivity (Wildman–Crippen MR) is 139 cm³/mol. The van der Waals surface area contributed by atoms with Crippen LogP contribution in [0.3, 0.4) is 0 Å². The Morgan fingerprint density at radius 1 is 1.00 bits per heavy atom. The third-order valence-corrected chi connectivity index (χ3v) is 6.80. The molecule has 1 aliphatic heterocycles. The quantitative estimate of drug-likeness (QED) is 0.432. The van der Waals surface area contributed by atoms with Gasteiger partial charge in [-0.3, -0.25) is 9.36 Å². The normalized spacial score (nSPS) is 13.7. The molecule has 3 heterocycles. The maximum absolute atomic E-state index is 13.3. The summed E-state index contributed by atoms with van der Waals surface area (Å²) in [6, 6.07) is 17.8. The second-order valence-electron chi connectivity index (χ2n) is 9.03. The number of benzene rings is 2. The topological polar surface area (TPSA) is 72.3 Å². The molecule has 2 aromatic carbocycles. The smallest absolute Gasteiger partial charge is 0.289 e. The van der Waals surface area contributed by atoms with E-state index >= 15 is 0 Å². The fourth-order valence-corrected chi connectivity index (χ4v) is 4.81. The minimum Gasteiger partial charge on any atom is -0.497 e. The van der Waals surface area contributed by atoms with Crippen LogP contribution < -0.4 is 15.0 Å². The van der Waals surface area contributed by atoms with Gasteiger partial charge in [0.25, 0.3) is 5.91 Å². The van der Waals surface area contributed by atoms with Crippen molar-refractivity contribution < 1.29 is 9.53 Å². The van der Waals surface area contributed by atoms with Crippen LogP contribution in [0.1, 0.15) is 46.7 Å². The van der Waals surface area contributed by atoms with E-state index in [1.54, 1.807) is 7.11 Å². The van der Waals surface area contributed by atoms with Gasteiger partial charge in [-0.1, -0.05) is 30.3 Å². The van der Waals surface area contributed by atoms with Gasteiger partial charge in [0.2, 0.25) is 5.82 Å². The van der Waals surface area contributed by atoms with Crippen LogP contribution in [-0.2, 0) is 6.54 Å². The largest absolute Gasteiger partial charge is 0.497 e. The molecule has 1 aliphatic rings. The molecule has 7 heteroatoms. The Morgan fingerprint density at radius 2 is 1.77 bits per heavy atom. The third kappa shape index (κ3) is 4.46. The van der Waals surface area contributed by atoms with E-state index in [9.17, 15) is 4.79 Å². The number of amides is 1. The summed E-state index contributed by atoms with van der Waals surface area (Å²) in [5.74, 6) is 1.52. The minimum absolute atomic E-state index is 0.190. The number of rotatable bonds is 6. The highest BCUT2D eigenvalue weighted by atomic mass is 16.5. The standard InChI is InChI=1S/C28H31N5O2/c1-19-20(2)33(22-12-6-4-7-13-22)27-24(19)26(32-15-8-5-9-16-32)30-25(31-27)28(34)29-18-21-11-10-14-23(17-21)35-3/h4,6-7,10-14,17H,5,8-9,15-16,18H2,1-3H3,(H,29,34). The van der Waals surface area contributed by atoms with E-state index in [-0.39, 0.29) is 11.7 Å². The van der Waals surface area contributed by atoms with Gasteiger partial charge < -0.3 is 15.0 Å². The molecular weight excluding hydrogens is 438 g/mol. The summed E-state index contributed by atoms with van der Waals surface area (Å²) in [5.41, 5.74) is 5.00. The van der Waals surface area contributed by atoms with Crippen molar-refractivity contribution in [3.05, 3.63) is 77.2 Å². The number of nitrogens with zero attached hydrogens (tertiary/aromatic N) is 4. The number of carbonyl (C=O) groups excluding carboxylic acids is 1. The molecule has 35 heavy (non-hydrogen) atoms. The van der Waals surface area contributed by atoms with Crippen molar-refractivity contribution in [2.45, 2.75) is 39.7 Å². The van der Waals surface area contributed by atoms with Gasteiger partial charge in [-0.2, -0.15) is 0 Å². The van der Waals surface area contributed by atoms with E-state index in [0.717, 1.165) is 71.0 Å². The van der Waals surface area contributed by atoms with E-state index in [2.05, 4.69) is 40.8 Å². The molecule has 2 aromatic heterocycles. The van der Waals surface area contributed by atoms with Crippen LogP contribution in [0, 0.1) is 13.8 Å². The average Bonchev–Trinajstić information content (AvgIpc) is 3.17. The third-order valence-electron chi connectivity index (χ3n) is 6.80. The molecular formula is C28H31N5O2. The average molecular weight is 470 g/mol. The summed E-state index contributed by atoms with van der Waals surface area (Å²) in [5, 5.41) is 4.02. The number of aryl methyl sites for hydroxylation is 1. The second-order valence-corrected chi connectivity index (χ2v) is 9.03. The van der Waals surface area contributed by atoms with E-state index in [1.807, 2.05) is 42.5 Å². The molecule has 1 fully saturated rings. The van der Waals surface area contributed by atoms with E-state index in [0.29, 0.717) is 6.54 Å². The summed E-state index contributed by atoms with van der Waals surface area (Å²) in [4.78, 5) is 25.3. The zero-order chi connectivity index (χ0) is 24.4. The fourth-order valence-electron chi connectivity index (χ4n) is 4.81. The van der Waals surface area contributed by atoms with E-state index in [1.165, 1.54) is 6.42 Å². The lowest BCUT2D eigenvalue weighted by atomic mass is 10.1. The van der Waals surface area contributed by atoms with Crippen LogP contribution in [0.25, 0.3) is 16.7 Å². The number of hydrogen-bond donors (Lipinski definition) is 1. The molecule has 1 saturated heterocycles. The van der Waals surface area contributed by atoms with E-state index in [4.69, 9.17) is 14.7 Å². The van der Waals surface area contributed by atoms with Crippen LogP contribution in [0.4, 0.5) is 5.82 Å². The Labute approximate surface area is 205 Å². The molecule has 0 unspecified atom stereocenters. The zero-order valence-electron chi connectivity index (χ0n) is 20.5. The number of fused-ring (bicyclic) bond motifs is 1. The molecule has 0 radical (unpaired) electrons. The molecule has 0 atom stereocenters. The summed E-state index contributed by atoms with van der Waals surface area (Å²) in [6.45, 7) is 6.47. The second kappa shape index (κ2) is 9.78. The van der Waals surface area contributed by atoms with Crippen LogP contribution in [0.2, 0.25) is 0 Å². The zero-order valence-corrected chi connectivity index (χ0v) is 20.5. The molecule has 7 nitrogen and oxygen atoms in total. The lowest BCUT2D eigenvalue weighted by molar-refractivity contribution is 0.0940. The SMILES string of the molecule is COc1cccc(CNC(=O)c2nc(N3CCCCC3)c3c(C)c(C)n(-c4ccccc4)c3n2)c1. The Kier molecular flexibility index (Phi) is 6.40. The molecule has 0 aliphatic carbocycles. The summed E-state index contributed by atoms with van der Waals surface area (Å²) in [7, 11) is 1.63. The van der Waals surface area contributed by atoms with Crippen LogP contribution in [0.15, 0.2) is 54.6 Å². The number of anilines is 1. The molecule has 0 bridgehead atoms. The van der Waals surface area contributed by atoms with Crippen molar-refractivity contribution in [2.24, 2.45) is 0 Å². The fraction of sp³-hybridized carbons (Fsp3) is 0.321. The highest BCUT2D eigenvalue weighted by Crippen LogP contribution is 2.34. The molecule has 0 spiro atoms. The van der Waals surface area contributed by atoms with Crippen molar-refractivity contribution in [1.29, 1.82) is 0 Å². The van der Waals surface area contributed by atoms with E-state index < -0.39 is 0 Å². The number of methoxy groups -OCH3 is 1. The first kappa shape index (κ1) is 22.9. The predicted octanol–water partition coefficient (Wildman–Crippen LogP) is 4.97. The number of nitrogens with one attached hydrogen (secondary N) is 1. The van der Waals surface area contributed by atoms with Crippen molar-refractivity contribution in [1.82, 2.24) is 19.9 Å². The highest BCUT2D eigenvalue weighted by Gasteiger charge is 2.25. The van der Waals surface area contributed by atoms with Gasteiger partial charge in [-0.25, -0.2) is 9.97 Å². The minimum atomic E-state index is -0.288. The number of carbonyl (C=O) groups is 1. The van der Waals surface area contributed by atoms with Gasteiger partial charge >= 0.3 is 0 Å². The first-order chi connectivity index (χ1) is 17.1. The van der Waals surface area contributed by atoms with Crippen molar-refractivity contribution >= 4 is 22.8 Å². The van der Waals surface area contributed by atoms with Crippen LogP contribution in [0.5, 0.6) is 5.75 Å². The van der Waals surface area contributed by atoms with Crippen LogP contribution in [-0.4, -0.2) is 40.6 Å². The first-order valence-electron chi connectivity index (χ1n) is 12.2. The Morgan fingerprint density at radius 3 is 2.51 bits per heavy atom. The van der Waals surface area contributed by atoms with Gasteiger partial charge in [0.15, 0.2) is 5.65 Å². The summed E-state index contributed by atoms with van der Waals surface area (Å²) in [6.07, 6.45) is 3.47. The molecule has 4 aromatic rings. The first-order valence-corrected chi connectivity index (χ1v) is 12.2. The van der Waals surface area contributed by atoms with Gasteiger partial charge in [-0.05, 0) is 68.5 Å². The van der Waals surface area contributed by atoms with Gasteiger partial charge in [0, 0.05) is 31.0 Å². The van der Waals surface area contributed by atoms with Crippen molar-refractivity contribution in [2.75, 3.05) is 25.1 Å². The molecule has 0 saturated carbocycles. The Bertz CT molecular complexity index is 1360. The Hall–Kier alpha value is -3.87. The monoisotopic (exact) mass is 469 g/mol. The maximum Gasteiger partial charge on any atom is 0.289 e. The summed E-state index contributed by atoms with van der Waals surface area (Å²) >= 11 is 0. The van der Waals surface area contributed by atoms with Crippen molar-refractivity contribution in [3.8, 4) is 11.4 Å². The molecule has 1 amide bonds. The van der Waals surface area contributed by atoms with Gasteiger partial charge in [-0.15, -0.1) is 0 Å². The molecule has 180 valence electrons. The lowest BCUT2D eigenvalue weighted by Gasteiger charge is -2.28. The van der Waals surface area contributed by atoms with Gasteiger partial charge in [0.1, 0.15) is 11.6 Å². The number of piperidine rings is 1. The Balaban J connectivity index is 1.58. The number of para-hydroxylation sites is 1. The maximum atomic E-state index is 13.3. The molecule has 5 rings (SSSR count). The van der Waals surface area contributed by atoms with Crippen LogP contribution >= 0.6 is 0 Å². The number of ether oxygens (including phenoxy) is 1. The number of hydrogen-bond acceptors (Lipinski definition) is 5. The summed E-state index contributed by atoms with van der Waals surface area (Å²) < 4.78 is 7.44. The number of aromatic nitrogens is 3. The highest BCUT2D eigenvalue weighted by molar-refractivity contribution is 5.98. The van der Waals surface area contributed by atoms with Gasteiger partial charge in [0.05, 0.1) is 12.5 Å².